The summed E-state index contributed by atoms with van der Waals surface area (Å²) in [6.07, 6.45) is 4.67. The molecule has 0 atom stereocenters. The van der Waals surface area contributed by atoms with Crippen molar-refractivity contribution in [3.63, 3.8) is 0 Å². The van der Waals surface area contributed by atoms with E-state index in [1.54, 1.807) is 12.1 Å². The highest BCUT2D eigenvalue weighted by Crippen LogP contribution is 2.30. The molecule has 0 radical (unpaired) electrons. The van der Waals surface area contributed by atoms with Crippen LogP contribution in [0.15, 0.2) is 81.0 Å². The summed E-state index contributed by atoms with van der Waals surface area (Å²) in [4.78, 5) is 4.86. The fourth-order valence-corrected chi connectivity index (χ4v) is 5.34. The zero-order chi connectivity index (χ0) is 20.0. The smallest absolute Gasteiger partial charge is 0.226 e. The maximum absolute atomic E-state index is 13.4. The second kappa shape index (κ2) is 6.93. The zero-order valence-corrected chi connectivity index (χ0v) is 17.1. The third-order valence-electron chi connectivity index (χ3n) is 5.75. The number of benzene rings is 2. The molecule has 0 spiro atoms. The minimum atomic E-state index is -3.75. The molecule has 7 heteroatoms. The van der Waals surface area contributed by atoms with Crippen molar-refractivity contribution in [2.45, 2.75) is 11.3 Å². The van der Waals surface area contributed by atoms with E-state index in [0.29, 0.717) is 12.0 Å². The number of rotatable bonds is 2. The Morgan fingerprint density at radius 3 is 2.48 bits per heavy atom. The summed E-state index contributed by atoms with van der Waals surface area (Å²) in [7, 11) is -1.63. The maximum atomic E-state index is 13.4. The lowest BCUT2D eigenvalue weighted by molar-refractivity contribution is 0.190. The van der Waals surface area contributed by atoms with Gasteiger partial charge in [0.05, 0.1) is 10.6 Å². The second-order valence-corrected chi connectivity index (χ2v) is 9.51. The van der Waals surface area contributed by atoms with Gasteiger partial charge in [-0.1, -0.05) is 36.4 Å². The third kappa shape index (κ3) is 3.20. The monoisotopic (exact) mass is 406 g/mol. The molecule has 6 nitrogen and oxygen atoms in total. The lowest BCUT2D eigenvalue weighted by Crippen LogP contribution is -2.44. The number of allylic oxidation sites excluding steroid dienone is 2. The maximum Gasteiger partial charge on any atom is 0.226 e. The van der Waals surface area contributed by atoms with Crippen LogP contribution in [-0.2, 0) is 9.84 Å². The van der Waals surface area contributed by atoms with Crippen LogP contribution in [0.5, 0.6) is 0 Å². The van der Waals surface area contributed by atoms with E-state index in [2.05, 4.69) is 33.1 Å². The van der Waals surface area contributed by atoms with Crippen LogP contribution in [0.3, 0.4) is 0 Å². The predicted molar refractivity (Wildman–Crippen MR) is 116 cm³/mol. The Bertz CT molecular complexity index is 1220. The minimum Gasteiger partial charge on any atom is -0.369 e. The van der Waals surface area contributed by atoms with E-state index in [0.717, 1.165) is 48.4 Å². The Balaban J connectivity index is 1.48. The Labute approximate surface area is 170 Å². The fourth-order valence-electron chi connectivity index (χ4n) is 3.97. The van der Waals surface area contributed by atoms with Crippen LogP contribution in [-0.4, -0.2) is 62.2 Å². The topological polar surface area (TPSA) is 65.3 Å². The summed E-state index contributed by atoms with van der Waals surface area (Å²) in [6.45, 7) is 3.86. The standard InChI is InChI=1S/C22H22N4O2S/c1-25-10-12-26(13-11-25)18-7-9-21-20(15-18)22(24-23-21)29(27,28)19-8-6-16-4-2-3-5-17(16)14-19/h2-8,14-15H,9-13H2,1H3. The van der Waals surface area contributed by atoms with Gasteiger partial charge in [-0.2, -0.15) is 5.10 Å². The van der Waals surface area contributed by atoms with Crippen molar-refractivity contribution in [1.29, 1.82) is 0 Å². The van der Waals surface area contributed by atoms with Crippen LogP contribution in [0.1, 0.15) is 6.42 Å². The number of fused-ring (bicyclic) bond motifs is 2. The molecular weight excluding hydrogens is 384 g/mol. The number of piperazine rings is 1. The van der Waals surface area contributed by atoms with Crippen LogP contribution in [0.4, 0.5) is 0 Å². The van der Waals surface area contributed by atoms with Gasteiger partial charge in [-0.15, -0.1) is 5.10 Å². The largest absolute Gasteiger partial charge is 0.369 e. The van der Waals surface area contributed by atoms with E-state index in [1.165, 1.54) is 0 Å². The Kier molecular flexibility index (Phi) is 4.37. The van der Waals surface area contributed by atoms with Gasteiger partial charge in [-0.05, 0) is 36.0 Å². The molecule has 0 amide bonds. The first kappa shape index (κ1) is 18.3. The molecule has 0 saturated carbocycles. The highest BCUT2D eigenvalue weighted by molar-refractivity contribution is 8.07. The number of nitrogens with zero attached hydrogens (tertiary/aromatic N) is 4. The van der Waals surface area contributed by atoms with Crippen molar-refractivity contribution in [3.05, 3.63) is 65.9 Å². The number of hydrogen-bond acceptors (Lipinski definition) is 6. The van der Waals surface area contributed by atoms with Crippen molar-refractivity contribution in [1.82, 2.24) is 9.80 Å². The lowest BCUT2D eigenvalue weighted by Gasteiger charge is -2.35. The van der Waals surface area contributed by atoms with Crippen molar-refractivity contribution in [2.75, 3.05) is 33.2 Å². The van der Waals surface area contributed by atoms with E-state index >= 15 is 0 Å². The molecule has 3 aliphatic rings. The van der Waals surface area contributed by atoms with Crippen LogP contribution < -0.4 is 0 Å². The van der Waals surface area contributed by atoms with Gasteiger partial charge in [0.15, 0.2) is 5.04 Å². The molecular formula is C22H22N4O2S. The van der Waals surface area contributed by atoms with Gasteiger partial charge in [-0.25, -0.2) is 8.42 Å². The average Bonchev–Trinajstić information content (AvgIpc) is 3.18. The quantitative estimate of drug-likeness (QED) is 0.769. The molecule has 0 N–H and O–H groups in total. The highest BCUT2D eigenvalue weighted by Gasteiger charge is 2.34. The van der Waals surface area contributed by atoms with Gasteiger partial charge in [0.25, 0.3) is 0 Å². The summed E-state index contributed by atoms with van der Waals surface area (Å²) in [5.41, 5.74) is 2.42. The lowest BCUT2D eigenvalue weighted by atomic mass is 10.0. The Hall–Kier alpha value is -2.77. The number of likely N-dealkylation sites (N-methyl/N-ethyl adjacent to an activating group) is 1. The van der Waals surface area contributed by atoms with Crippen LogP contribution in [0.25, 0.3) is 10.8 Å². The molecule has 2 heterocycles. The van der Waals surface area contributed by atoms with E-state index < -0.39 is 9.84 Å². The molecule has 1 aliphatic carbocycles. The molecule has 1 fully saturated rings. The van der Waals surface area contributed by atoms with E-state index in [4.69, 9.17) is 0 Å². The molecule has 0 unspecified atom stereocenters. The van der Waals surface area contributed by atoms with Gasteiger partial charge >= 0.3 is 0 Å². The number of hydrogen-bond donors (Lipinski definition) is 0. The first-order chi connectivity index (χ1) is 14.0. The zero-order valence-electron chi connectivity index (χ0n) is 16.2. The molecule has 29 heavy (non-hydrogen) atoms. The summed E-state index contributed by atoms with van der Waals surface area (Å²) in [5.74, 6) is 0. The van der Waals surface area contributed by atoms with Gasteiger partial charge in [0.2, 0.25) is 9.84 Å². The summed E-state index contributed by atoms with van der Waals surface area (Å²) in [5, 5.41) is 10.2. The molecule has 5 rings (SSSR count). The molecule has 0 bridgehead atoms. The first-order valence-corrected chi connectivity index (χ1v) is 11.3. The predicted octanol–water partition coefficient (Wildman–Crippen LogP) is 2.84. The Morgan fingerprint density at radius 2 is 1.69 bits per heavy atom. The van der Waals surface area contributed by atoms with Crippen molar-refractivity contribution in [3.8, 4) is 0 Å². The van der Waals surface area contributed by atoms with Crippen LogP contribution >= 0.6 is 0 Å². The van der Waals surface area contributed by atoms with E-state index in [-0.39, 0.29) is 9.94 Å². The van der Waals surface area contributed by atoms with Gasteiger partial charge in [0, 0.05) is 43.9 Å². The third-order valence-corrected chi connectivity index (χ3v) is 7.44. The minimum absolute atomic E-state index is 0.0579. The molecule has 0 aromatic heterocycles. The normalized spacial score (nSPS) is 20.1. The summed E-state index contributed by atoms with van der Waals surface area (Å²) in [6, 6.07) is 12.9. The highest BCUT2D eigenvalue weighted by atomic mass is 32.2. The molecule has 2 aromatic carbocycles. The second-order valence-electron chi connectivity index (χ2n) is 7.65. The van der Waals surface area contributed by atoms with E-state index in [9.17, 15) is 8.42 Å². The summed E-state index contributed by atoms with van der Waals surface area (Å²) < 4.78 is 26.7. The molecule has 148 valence electrons. The number of sulfone groups is 1. The van der Waals surface area contributed by atoms with Crippen LogP contribution in [0.2, 0.25) is 0 Å². The SMILES string of the molecule is CN1CCN(C2=CCC3=NN=C(S(=O)(=O)c4ccc5ccccc5c4)C3=C2)CC1. The molecule has 2 aromatic rings. The first-order valence-electron chi connectivity index (χ1n) is 9.77. The van der Waals surface area contributed by atoms with Crippen LogP contribution in [0, 0.1) is 0 Å². The van der Waals surface area contributed by atoms with Gasteiger partial charge in [0.1, 0.15) is 0 Å². The average molecular weight is 407 g/mol. The van der Waals surface area contributed by atoms with Gasteiger partial charge in [-0.3, -0.25) is 0 Å². The Morgan fingerprint density at radius 1 is 0.931 bits per heavy atom. The van der Waals surface area contributed by atoms with Crippen molar-refractivity contribution in [2.24, 2.45) is 10.2 Å². The van der Waals surface area contributed by atoms with Crippen molar-refractivity contribution >= 4 is 31.4 Å². The van der Waals surface area contributed by atoms with Gasteiger partial charge < -0.3 is 9.80 Å². The van der Waals surface area contributed by atoms with Crippen molar-refractivity contribution < 1.29 is 8.42 Å². The fraction of sp³-hybridized carbons (Fsp3) is 0.273. The summed E-state index contributed by atoms with van der Waals surface area (Å²) >= 11 is 0. The van der Waals surface area contributed by atoms with E-state index in [1.807, 2.05) is 36.4 Å². The molecule has 1 saturated heterocycles. The molecule has 2 aliphatic heterocycles.